The summed E-state index contributed by atoms with van der Waals surface area (Å²) < 4.78 is 19.2. The van der Waals surface area contributed by atoms with Crippen molar-refractivity contribution >= 4 is 5.91 Å². The van der Waals surface area contributed by atoms with Gasteiger partial charge >= 0.3 is 0 Å². The number of oxazole rings is 1. The van der Waals surface area contributed by atoms with Gasteiger partial charge in [0.25, 0.3) is 0 Å². The highest BCUT2D eigenvalue weighted by atomic mass is 19.1. The van der Waals surface area contributed by atoms with Crippen molar-refractivity contribution in [2.24, 2.45) is 0 Å². The summed E-state index contributed by atoms with van der Waals surface area (Å²) in [6.07, 6.45) is 0.0939. The van der Waals surface area contributed by atoms with Crippen LogP contribution in [0.15, 0.2) is 59.0 Å². The summed E-state index contributed by atoms with van der Waals surface area (Å²) in [6, 6.07) is 15.9. The largest absolute Gasteiger partial charge is 0.441 e. The van der Waals surface area contributed by atoms with Gasteiger partial charge in [-0.2, -0.15) is 0 Å². The fourth-order valence-electron chi connectivity index (χ4n) is 2.35. The highest BCUT2D eigenvalue weighted by molar-refractivity contribution is 5.78. The fraction of sp³-hybridized carbons (Fsp3) is 0.158. The van der Waals surface area contributed by atoms with Gasteiger partial charge in [0.2, 0.25) is 11.8 Å². The van der Waals surface area contributed by atoms with E-state index in [1.165, 1.54) is 6.07 Å². The van der Waals surface area contributed by atoms with Gasteiger partial charge in [-0.1, -0.05) is 36.4 Å². The van der Waals surface area contributed by atoms with Crippen molar-refractivity contribution in [1.82, 2.24) is 10.3 Å². The molecule has 24 heavy (non-hydrogen) atoms. The standard InChI is InChI=1S/C19H17FN2O2/c1-13-17(22-19(24-13)14-7-3-2-4-8-14)11-18(23)21-12-15-9-5-6-10-16(15)20/h2-10H,11-12H2,1H3,(H,21,23). The lowest BCUT2D eigenvalue weighted by molar-refractivity contribution is -0.120. The minimum Gasteiger partial charge on any atom is -0.441 e. The van der Waals surface area contributed by atoms with E-state index >= 15 is 0 Å². The molecule has 1 amide bonds. The third-order valence-corrected chi connectivity index (χ3v) is 3.68. The molecule has 5 heteroatoms. The van der Waals surface area contributed by atoms with Crippen LogP contribution in [0.4, 0.5) is 4.39 Å². The van der Waals surface area contributed by atoms with Gasteiger partial charge in [0.1, 0.15) is 11.6 Å². The fourth-order valence-corrected chi connectivity index (χ4v) is 2.35. The van der Waals surface area contributed by atoms with E-state index in [-0.39, 0.29) is 24.7 Å². The number of benzene rings is 2. The number of halogens is 1. The van der Waals surface area contributed by atoms with E-state index in [2.05, 4.69) is 10.3 Å². The zero-order chi connectivity index (χ0) is 16.9. The van der Waals surface area contributed by atoms with E-state index in [9.17, 15) is 9.18 Å². The van der Waals surface area contributed by atoms with Gasteiger partial charge < -0.3 is 9.73 Å². The van der Waals surface area contributed by atoms with E-state index in [4.69, 9.17) is 4.42 Å². The van der Waals surface area contributed by atoms with Gasteiger partial charge in [-0.05, 0) is 25.1 Å². The second-order valence-electron chi connectivity index (χ2n) is 5.43. The average molecular weight is 324 g/mol. The smallest absolute Gasteiger partial charge is 0.226 e. The Morgan fingerprint density at radius 2 is 1.83 bits per heavy atom. The summed E-state index contributed by atoms with van der Waals surface area (Å²) in [5, 5.41) is 2.70. The van der Waals surface area contributed by atoms with Gasteiger partial charge in [0, 0.05) is 17.7 Å². The van der Waals surface area contributed by atoms with Crippen LogP contribution < -0.4 is 5.32 Å². The molecule has 0 spiro atoms. The molecule has 1 heterocycles. The molecule has 1 N–H and O–H groups in total. The molecule has 0 aliphatic heterocycles. The van der Waals surface area contributed by atoms with Crippen molar-refractivity contribution in [3.63, 3.8) is 0 Å². The molecule has 0 aliphatic rings. The third-order valence-electron chi connectivity index (χ3n) is 3.68. The Balaban J connectivity index is 1.65. The first kappa shape index (κ1) is 15.9. The van der Waals surface area contributed by atoms with E-state index in [0.29, 0.717) is 22.9 Å². The number of aryl methyl sites for hydroxylation is 1. The van der Waals surface area contributed by atoms with E-state index in [1.54, 1.807) is 25.1 Å². The molecular formula is C19H17FN2O2. The number of amides is 1. The van der Waals surface area contributed by atoms with Crippen molar-refractivity contribution in [3.05, 3.63) is 77.4 Å². The van der Waals surface area contributed by atoms with E-state index in [1.807, 2.05) is 30.3 Å². The van der Waals surface area contributed by atoms with Gasteiger partial charge in [0.05, 0.1) is 12.1 Å². The van der Waals surface area contributed by atoms with E-state index < -0.39 is 0 Å². The summed E-state index contributed by atoms with van der Waals surface area (Å²) in [6.45, 7) is 1.92. The summed E-state index contributed by atoms with van der Waals surface area (Å²) in [7, 11) is 0. The second-order valence-corrected chi connectivity index (χ2v) is 5.43. The van der Waals surface area contributed by atoms with Gasteiger partial charge in [0.15, 0.2) is 0 Å². The first-order chi connectivity index (χ1) is 11.6. The quantitative estimate of drug-likeness (QED) is 0.779. The Morgan fingerprint density at radius 1 is 1.12 bits per heavy atom. The number of carbonyl (C=O) groups excluding carboxylic acids is 1. The molecular weight excluding hydrogens is 307 g/mol. The Hall–Kier alpha value is -2.95. The van der Waals surface area contributed by atoms with Gasteiger partial charge in [-0.3, -0.25) is 4.79 Å². The van der Waals surface area contributed by atoms with Crippen LogP contribution in [-0.4, -0.2) is 10.9 Å². The van der Waals surface area contributed by atoms with Crippen molar-refractivity contribution in [1.29, 1.82) is 0 Å². The van der Waals surface area contributed by atoms with E-state index in [0.717, 1.165) is 5.56 Å². The lowest BCUT2D eigenvalue weighted by atomic mass is 10.2. The van der Waals surface area contributed by atoms with Gasteiger partial charge in [-0.25, -0.2) is 9.37 Å². The van der Waals surface area contributed by atoms with Crippen LogP contribution in [0.5, 0.6) is 0 Å². The first-order valence-corrected chi connectivity index (χ1v) is 7.65. The number of nitrogens with one attached hydrogen (secondary N) is 1. The molecule has 0 saturated heterocycles. The highest BCUT2D eigenvalue weighted by Crippen LogP contribution is 2.21. The lowest BCUT2D eigenvalue weighted by Crippen LogP contribution is -2.25. The minimum atomic E-state index is -0.332. The first-order valence-electron chi connectivity index (χ1n) is 7.65. The highest BCUT2D eigenvalue weighted by Gasteiger charge is 2.14. The number of hydrogen-bond donors (Lipinski definition) is 1. The molecule has 0 radical (unpaired) electrons. The Morgan fingerprint density at radius 3 is 2.58 bits per heavy atom. The molecule has 122 valence electrons. The Bertz CT molecular complexity index is 844. The molecule has 0 bridgehead atoms. The van der Waals surface area contributed by atoms with Crippen molar-refractivity contribution in [2.45, 2.75) is 19.9 Å². The van der Waals surface area contributed by atoms with Crippen LogP contribution in [0.25, 0.3) is 11.5 Å². The van der Waals surface area contributed by atoms with Crippen LogP contribution in [0.2, 0.25) is 0 Å². The predicted octanol–water partition coefficient (Wildman–Crippen LogP) is 3.65. The zero-order valence-electron chi connectivity index (χ0n) is 13.3. The third kappa shape index (κ3) is 3.68. The average Bonchev–Trinajstić information content (AvgIpc) is 2.96. The number of nitrogens with zero attached hydrogens (tertiary/aromatic N) is 1. The monoisotopic (exact) mass is 324 g/mol. The summed E-state index contributed by atoms with van der Waals surface area (Å²) in [4.78, 5) is 16.5. The maximum atomic E-state index is 13.5. The minimum absolute atomic E-state index is 0.0939. The molecule has 0 unspecified atom stereocenters. The normalized spacial score (nSPS) is 10.6. The van der Waals surface area contributed by atoms with Crippen LogP contribution in [-0.2, 0) is 17.8 Å². The number of hydrogen-bond acceptors (Lipinski definition) is 3. The molecule has 1 aromatic heterocycles. The second kappa shape index (κ2) is 7.08. The number of carbonyl (C=O) groups is 1. The molecule has 0 fully saturated rings. The summed E-state index contributed by atoms with van der Waals surface area (Å²) in [5.74, 6) is 0.538. The zero-order valence-corrected chi connectivity index (χ0v) is 13.3. The van der Waals surface area contributed by atoms with Crippen LogP contribution in [0, 0.1) is 12.7 Å². The van der Waals surface area contributed by atoms with Crippen molar-refractivity contribution in [2.75, 3.05) is 0 Å². The van der Waals surface area contributed by atoms with Crippen molar-refractivity contribution in [3.8, 4) is 11.5 Å². The SMILES string of the molecule is Cc1oc(-c2ccccc2)nc1CC(=O)NCc1ccccc1F. The maximum Gasteiger partial charge on any atom is 0.226 e. The molecule has 0 aliphatic carbocycles. The van der Waals surface area contributed by atoms with Crippen LogP contribution >= 0.6 is 0 Å². The van der Waals surface area contributed by atoms with Crippen LogP contribution in [0.1, 0.15) is 17.0 Å². The van der Waals surface area contributed by atoms with Gasteiger partial charge in [-0.15, -0.1) is 0 Å². The predicted molar refractivity (Wildman–Crippen MR) is 88.6 cm³/mol. The molecule has 2 aromatic carbocycles. The topological polar surface area (TPSA) is 55.1 Å². The molecule has 0 atom stereocenters. The Labute approximate surface area is 139 Å². The Kier molecular flexibility index (Phi) is 4.70. The molecule has 4 nitrogen and oxygen atoms in total. The molecule has 0 saturated carbocycles. The molecule has 3 aromatic rings. The van der Waals surface area contributed by atoms with Crippen LogP contribution in [0.3, 0.4) is 0 Å². The van der Waals surface area contributed by atoms with Crippen molar-refractivity contribution < 1.29 is 13.6 Å². The summed E-state index contributed by atoms with van der Waals surface area (Å²) >= 11 is 0. The number of aromatic nitrogens is 1. The summed E-state index contributed by atoms with van der Waals surface area (Å²) in [5.41, 5.74) is 1.89. The number of rotatable bonds is 5. The maximum absolute atomic E-state index is 13.5. The lowest BCUT2D eigenvalue weighted by Gasteiger charge is -2.05. The molecule has 3 rings (SSSR count).